The van der Waals surface area contributed by atoms with Gasteiger partial charge in [0.2, 0.25) is 5.91 Å². The number of methoxy groups -OCH3 is 1. The van der Waals surface area contributed by atoms with Crippen LogP contribution in [-0.2, 0) is 16.1 Å². The smallest absolute Gasteiger partial charge is 0.230 e. The van der Waals surface area contributed by atoms with Gasteiger partial charge in [0, 0.05) is 20.1 Å². The van der Waals surface area contributed by atoms with Gasteiger partial charge in [0.05, 0.1) is 33.0 Å². The number of amides is 1. The van der Waals surface area contributed by atoms with Crippen molar-refractivity contribution >= 4 is 17.7 Å². The first-order valence-electron chi connectivity index (χ1n) is 9.22. The van der Waals surface area contributed by atoms with Crippen molar-refractivity contribution in [2.24, 2.45) is 0 Å². The quantitative estimate of drug-likeness (QED) is 0.437. The molecular formula is C19H30N5O2S+. The lowest BCUT2D eigenvalue weighted by Gasteiger charge is -2.20. The van der Waals surface area contributed by atoms with Crippen LogP contribution in [0.5, 0.6) is 0 Å². The lowest BCUT2D eigenvalue weighted by Crippen LogP contribution is -3.06. The molecule has 1 heterocycles. The van der Waals surface area contributed by atoms with E-state index < -0.39 is 0 Å². The van der Waals surface area contributed by atoms with Gasteiger partial charge in [-0.05, 0) is 5.56 Å². The molecular weight excluding hydrogens is 362 g/mol. The third-order valence-corrected chi connectivity index (χ3v) is 5.27. The fraction of sp³-hybridized carbons (Fsp3) is 0.526. The monoisotopic (exact) mass is 392 g/mol. The second-order valence-corrected chi connectivity index (χ2v) is 7.52. The van der Waals surface area contributed by atoms with Crippen LogP contribution in [0.4, 0.5) is 0 Å². The van der Waals surface area contributed by atoms with E-state index in [1.807, 2.05) is 18.2 Å². The fourth-order valence-corrected chi connectivity index (χ4v) is 3.68. The van der Waals surface area contributed by atoms with E-state index in [2.05, 4.69) is 53.2 Å². The molecule has 2 N–H and O–H groups in total. The van der Waals surface area contributed by atoms with E-state index in [-0.39, 0.29) is 11.9 Å². The molecule has 0 aliphatic rings. The van der Waals surface area contributed by atoms with Crippen LogP contribution in [0.2, 0.25) is 0 Å². The number of nitrogens with one attached hydrogen (secondary N) is 2. The molecule has 1 aromatic carbocycles. The molecule has 0 saturated carbocycles. The number of ether oxygens (including phenoxy) is 1. The van der Waals surface area contributed by atoms with Gasteiger partial charge in [-0.3, -0.25) is 9.36 Å². The Hall–Kier alpha value is -1.90. The minimum atomic E-state index is -0.0295. The zero-order chi connectivity index (χ0) is 19.6. The highest BCUT2D eigenvalue weighted by Gasteiger charge is 2.25. The molecule has 2 aromatic rings. The van der Waals surface area contributed by atoms with E-state index in [0.717, 1.165) is 17.4 Å². The van der Waals surface area contributed by atoms with Crippen molar-refractivity contribution in [1.82, 2.24) is 20.1 Å². The molecule has 0 saturated heterocycles. The second-order valence-electron chi connectivity index (χ2n) is 6.58. The Balaban J connectivity index is 2.18. The van der Waals surface area contributed by atoms with Gasteiger partial charge in [-0.2, -0.15) is 0 Å². The summed E-state index contributed by atoms with van der Waals surface area (Å²) in [7, 11) is 5.88. The van der Waals surface area contributed by atoms with E-state index in [1.54, 1.807) is 7.11 Å². The van der Waals surface area contributed by atoms with Gasteiger partial charge in [0.25, 0.3) is 0 Å². The molecule has 0 spiro atoms. The second kappa shape index (κ2) is 11.1. The van der Waals surface area contributed by atoms with E-state index in [9.17, 15) is 4.79 Å². The normalized spacial score (nSPS) is 12.3. The average molecular weight is 393 g/mol. The zero-order valence-electron chi connectivity index (χ0n) is 16.6. The van der Waals surface area contributed by atoms with Crippen LogP contribution >= 0.6 is 11.8 Å². The summed E-state index contributed by atoms with van der Waals surface area (Å²) in [5, 5.41) is 12.5. The van der Waals surface area contributed by atoms with Crippen molar-refractivity contribution < 1.29 is 14.4 Å². The van der Waals surface area contributed by atoms with Crippen LogP contribution in [0, 0.1) is 0 Å². The van der Waals surface area contributed by atoms with Crippen LogP contribution in [0.1, 0.15) is 30.8 Å². The number of carbonyl (C=O) groups excluding carboxylic acids is 1. The molecule has 1 amide bonds. The average Bonchev–Trinajstić information content (AvgIpc) is 3.04. The van der Waals surface area contributed by atoms with Crippen LogP contribution < -0.4 is 10.2 Å². The van der Waals surface area contributed by atoms with Crippen LogP contribution in [-0.4, -0.2) is 60.8 Å². The molecule has 0 fully saturated rings. The maximum Gasteiger partial charge on any atom is 0.230 e. The molecule has 27 heavy (non-hydrogen) atoms. The predicted molar refractivity (Wildman–Crippen MR) is 107 cm³/mol. The van der Waals surface area contributed by atoms with Crippen LogP contribution in [0.15, 0.2) is 35.5 Å². The minimum absolute atomic E-state index is 0.0295. The van der Waals surface area contributed by atoms with Gasteiger partial charge < -0.3 is 15.0 Å². The summed E-state index contributed by atoms with van der Waals surface area (Å²) in [6.45, 7) is 3.88. The lowest BCUT2D eigenvalue weighted by molar-refractivity contribution is -0.893. The van der Waals surface area contributed by atoms with Gasteiger partial charge in [-0.15, -0.1) is 10.2 Å². The Morgan fingerprint density at radius 1 is 1.30 bits per heavy atom. The van der Waals surface area contributed by atoms with Crippen molar-refractivity contribution in [1.29, 1.82) is 0 Å². The van der Waals surface area contributed by atoms with Gasteiger partial charge in [-0.25, -0.2) is 0 Å². The van der Waals surface area contributed by atoms with E-state index in [1.165, 1.54) is 22.2 Å². The molecule has 1 atom stereocenters. The molecule has 0 aliphatic carbocycles. The Labute approximate surface area is 165 Å². The number of aromatic nitrogens is 3. The first-order chi connectivity index (χ1) is 13.1. The number of nitrogens with zero attached hydrogens (tertiary/aromatic N) is 3. The largest absolute Gasteiger partial charge is 0.383 e. The highest BCUT2D eigenvalue weighted by Crippen LogP contribution is 2.22. The van der Waals surface area contributed by atoms with E-state index >= 15 is 0 Å². The Morgan fingerprint density at radius 2 is 2.04 bits per heavy atom. The lowest BCUT2D eigenvalue weighted by atomic mass is 10.2. The Kier molecular flexibility index (Phi) is 8.77. The summed E-state index contributed by atoms with van der Waals surface area (Å²) in [4.78, 5) is 13.3. The van der Waals surface area contributed by atoms with Crippen molar-refractivity contribution in [3.8, 4) is 0 Å². The molecule has 0 unspecified atom stereocenters. The van der Waals surface area contributed by atoms with Crippen molar-refractivity contribution in [2.45, 2.75) is 31.1 Å². The van der Waals surface area contributed by atoms with Crippen molar-refractivity contribution in [3.63, 3.8) is 0 Å². The molecule has 0 bridgehead atoms. The zero-order valence-corrected chi connectivity index (χ0v) is 17.4. The standard InChI is InChI=1S/C19H29N5O2S/c1-5-16(23(2)3)18-21-22-19(27-14-17(25)20-11-12-26-4)24(18)13-15-9-7-6-8-10-15/h6-10,16H,5,11-14H2,1-4H3,(H,20,25)/p+1/t16-/m1/s1. The first-order valence-corrected chi connectivity index (χ1v) is 10.2. The molecule has 1 aromatic heterocycles. The number of rotatable bonds is 11. The minimum Gasteiger partial charge on any atom is -0.383 e. The summed E-state index contributed by atoms with van der Waals surface area (Å²) in [5.74, 6) is 1.24. The van der Waals surface area contributed by atoms with Crippen molar-refractivity contribution in [3.05, 3.63) is 41.7 Å². The maximum atomic E-state index is 12.0. The predicted octanol–water partition coefficient (Wildman–Crippen LogP) is 0.777. The summed E-state index contributed by atoms with van der Waals surface area (Å²) in [5.41, 5.74) is 1.19. The van der Waals surface area contributed by atoms with Gasteiger partial charge in [-0.1, -0.05) is 49.0 Å². The molecule has 148 valence electrons. The van der Waals surface area contributed by atoms with E-state index in [0.29, 0.717) is 25.4 Å². The highest BCUT2D eigenvalue weighted by atomic mass is 32.2. The summed E-state index contributed by atoms with van der Waals surface area (Å²) in [6.07, 6.45) is 0.970. The fourth-order valence-electron chi connectivity index (χ4n) is 2.90. The number of thioether (sulfide) groups is 1. The van der Waals surface area contributed by atoms with Crippen LogP contribution in [0.25, 0.3) is 0 Å². The van der Waals surface area contributed by atoms with E-state index in [4.69, 9.17) is 4.74 Å². The van der Waals surface area contributed by atoms with Crippen molar-refractivity contribution in [2.75, 3.05) is 40.1 Å². The number of benzene rings is 1. The van der Waals surface area contributed by atoms with Crippen LogP contribution in [0.3, 0.4) is 0 Å². The highest BCUT2D eigenvalue weighted by molar-refractivity contribution is 7.99. The summed E-state index contributed by atoms with van der Waals surface area (Å²) >= 11 is 1.42. The molecule has 7 nitrogen and oxygen atoms in total. The molecule has 2 rings (SSSR count). The SMILES string of the molecule is CC[C@H](c1nnc(SCC(=O)NCCOC)n1Cc1ccccc1)[NH+](C)C. The molecule has 0 aliphatic heterocycles. The Bertz CT molecular complexity index is 705. The molecule has 0 radical (unpaired) electrons. The maximum absolute atomic E-state index is 12.0. The number of hydrogen-bond acceptors (Lipinski definition) is 5. The third kappa shape index (κ3) is 6.34. The molecule has 8 heteroatoms. The van der Waals surface area contributed by atoms with Gasteiger partial charge in [0.15, 0.2) is 11.0 Å². The first kappa shape index (κ1) is 21.4. The topological polar surface area (TPSA) is 73.5 Å². The summed E-state index contributed by atoms with van der Waals surface area (Å²) in [6, 6.07) is 10.5. The van der Waals surface area contributed by atoms with Gasteiger partial charge in [0.1, 0.15) is 6.04 Å². The summed E-state index contributed by atoms with van der Waals surface area (Å²) < 4.78 is 7.10. The number of hydrogen-bond donors (Lipinski definition) is 2. The Morgan fingerprint density at radius 3 is 2.67 bits per heavy atom. The number of carbonyl (C=O) groups is 1. The third-order valence-electron chi connectivity index (χ3n) is 4.31. The van der Waals surface area contributed by atoms with Gasteiger partial charge >= 0.3 is 0 Å². The number of quaternary nitrogens is 1.